The molecule has 1 saturated heterocycles. The zero-order chi connectivity index (χ0) is 16.4. The number of aromatic nitrogens is 1. The third kappa shape index (κ3) is 3.27. The van der Waals surface area contributed by atoms with E-state index >= 15 is 0 Å². The second-order valence-corrected chi connectivity index (χ2v) is 6.46. The van der Waals surface area contributed by atoms with Gasteiger partial charge in [-0.25, -0.2) is 4.98 Å². The van der Waals surface area contributed by atoms with Crippen LogP contribution in [0.5, 0.6) is 0 Å². The van der Waals surface area contributed by atoms with Crippen LogP contribution in [0, 0.1) is 11.8 Å². The van der Waals surface area contributed by atoms with E-state index in [0.29, 0.717) is 6.42 Å². The predicted molar refractivity (Wildman–Crippen MR) is 91.3 cm³/mol. The van der Waals surface area contributed by atoms with E-state index in [-0.39, 0.29) is 11.9 Å². The normalized spacial score (nSPS) is 21.0. The number of carbonyl (C=O) groups is 1. The highest BCUT2D eigenvalue weighted by Gasteiger charge is 2.30. The fourth-order valence-corrected chi connectivity index (χ4v) is 3.46. The minimum atomic E-state index is -0.463. The van der Waals surface area contributed by atoms with Crippen LogP contribution in [0.1, 0.15) is 29.8 Å². The van der Waals surface area contributed by atoms with Crippen LogP contribution in [0.4, 0.5) is 0 Å². The average Bonchev–Trinajstić information content (AvgIpc) is 3.03. The van der Waals surface area contributed by atoms with Gasteiger partial charge in [0.15, 0.2) is 0 Å². The Balaban J connectivity index is 1.84. The summed E-state index contributed by atoms with van der Waals surface area (Å²) in [6.45, 7) is 1.82. The molecule has 2 heterocycles. The minimum absolute atomic E-state index is 0.0383. The molecular formula is C17H18N4OS. The lowest BCUT2D eigenvalue weighted by molar-refractivity contribution is -0.136. The summed E-state index contributed by atoms with van der Waals surface area (Å²) in [7, 11) is 1.70. The van der Waals surface area contributed by atoms with Crippen molar-refractivity contribution in [1.29, 1.82) is 0 Å². The van der Waals surface area contributed by atoms with Gasteiger partial charge in [-0.2, -0.15) is 0 Å². The van der Waals surface area contributed by atoms with Gasteiger partial charge in [-0.15, -0.1) is 17.3 Å². The SMILES string of the molecule is CC#Cc1cccc(-c2ncc([C@@H]3CC(=O)N(C)C(N)N3)s2)c1. The van der Waals surface area contributed by atoms with Crippen molar-refractivity contribution in [2.45, 2.75) is 25.7 Å². The lowest BCUT2D eigenvalue weighted by Gasteiger charge is -2.35. The highest BCUT2D eigenvalue weighted by atomic mass is 32.1. The molecule has 1 aliphatic rings. The van der Waals surface area contributed by atoms with Gasteiger partial charge < -0.3 is 4.90 Å². The highest BCUT2D eigenvalue weighted by Crippen LogP contribution is 2.32. The predicted octanol–water partition coefficient (Wildman–Crippen LogP) is 1.92. The molecule has 1 aromatic carbocycles. The van der Waals surface area contributed by atoms with Crippen molar-refractivity contribution in [3.63, 3.8) is 0 Å². The van der Waals surface area contributed by atoms with Crippen LogP contribution in [-0.4, -0.2) is 29.1 Å². The first-order chi connectivity index (χ1) is 11.1. The molecule has 1 fully saturated rings. The molecule has 3 N–H and O–H groups in total. The van der Waals surface area contributed by atoms with Crippen LogP contribution < -0.4 is 11.1 Å². The van der Waals surface area contributed by atoms with Crippen molar-refractivity contribution < 1.29 is 4.79 Å². The number of benzene rings is 1. The summed E-state index contributed by atoms with van der Waals surface area (Å²) in [5.74, 6) is 5.99. The third-order valence-corrected chi connectivity index (χ3v) is 4.97. The summed E-state index contributed by atoms with van der Waals surface area (Å²) >= 11 is 1.58. The van der Waals surface area contributed by atoms with Crippen molar-refractivity contribution >= 4 is 17.2 Å². The van der Waals surface area contributed by atoms with Gasteiger partial charge in [0.05, 0.1) is 6.04 Å². The average molecular weight is 326 g/mol. The number of carbonyl (C=O) groups excluding carboxylic acids is 1. The van der Waals surface area contributed by atoms with Crippen LogP contribution >= 0.6 is 11.3 Å². The molecule has 1 unspecified atom stereocenters. The number of nitrogens with zero attached hydrogens (tertiary/aromatic N) is 2. The summed E-state index contributed by atoms with van der Waals surface area (Å²) in [5.41, 5.74) is 7.93. The van der Waals surface area contributed by atoms with E-state index in [4.69, 9.17) is 5.73 Å². The molecule has 1 aliphatic heterocycles. The van der Waals surface area contributed by atoms with E-state index in [2.05, 4.69) is 22.1 Å². The molecule has 5 nitrogen and oxygen atoms in total. The summed E-state index contributed by atoms with van der Waals surface area (Å²) in [6, 6.07) is 7.91. The van der Waals surface area contributed by atoms with E-state index in [1.807, 2.05) is 37.4 Å². The van der Waals surface area contributed by atoms with Crippen molar-refractivity contribution in [2.75, 3.05) is 7.05 Å². The molecule has 23 heavy (non-hydrogen) atoms. The van der Waals surface area contributed by atoms with Gasteiger partial charge >= 0.3 is 0 Å². The molecule has 118 valence electrons. The van der Waals surface area contributed by atoms with E-state index in [9.17, 15) is 4.79 Å². The van der Waals surface area contributed by atoms with Gasteiger partial charge in [0, 0.05) is 35.7 Å². The highest BCUT2D eigenvalue weighted by molar-refractivity contribution is 7.15. The molecule has 0 bridgehead atoms. The number of thiazole rings is 1. The maximum atomic E-state index is 12.0. The molecule has 0 aliphatic carbocycles. The molecule has 0 saturated carbocycles. The second kappa shape index (κ2) is 6.50. The van der Waals surface area contributed by atoms with Gasteiger partial charge in [-0.3, -0.25) is 15.8 Å². The van der Waals surface area contributed by atoms with Crippen LogP contribution in [0.15, 0.2) is 30.5 Å². The Morgan fingerprint density at radius 1 is 1.48 bits per heavy atom. The largest absolute Gasteiger partial charge is 0.317 e. The van der Waals surface area contributed by atoms with E-state index in [1.165, 1.54) is 4.90 Å². The summed E-state index contributed by atoms with van der Waals surface area (Å²) in [5, 5.41) is 4.16. The van der Waals surface area contributed by atoms with Crippen LogP contribution in [0.3, 0.4) is 0 Å². The fraction of sp³-hybridized carbons (Fsp3) is 0.294. The number of amides is 1. The first-order valence-electron chi connectivity index (χ1n) is 7.34. The Morgan fingerprint density at radius 3 is 3.04 bits per heavy atom. The molecule has 3 rings (SSSR count). The molecule has 2 atom stereocenters. The van der Waals surface area contributed by atoms with Gasteiger partial charge in [-0.05, 0) is 19.1 Å². The Labute approximate surface area is 139 Å². The quantitative estimate of drug-likeness (QED) is 0.827. The van der Waals surface area contributed by atoms with Gasteiger partial charge in [0.1, 0.15) is 11.3 Å². The number of nitrogens with one attached hydrogen (secondary N) is 1. The Kier molecular flexibility index (Phi) is 4.44. The van der Waals surface area contributed by atoms with E-state index in [0.717, 1.165) is 21.0 Å². The van der Waals surface area contributed by atoms with Crippen molar-refractivity contribution in [2.24, 2.45) is 5.73 Å². The molecule has 0 radical (unpaired) electrons. The van der Waals surface area contributed by atoms with Gasteiger partial charge in [0.25, 0.3) is 0 Å². The molecule has 0 spiro atoms. The number of hydrogen-bond acceptors (Lipinski definition) is 5. The zero-order valence-corrected chi connectivity index (χ0v) is 13.9. The molecule has 2 aromatic rings. The molecular weight excluding hydrogens is 308 g/mol. The number of hydrogen-bond donors (Lipinski definition) is 2. The smallest absolute Gasteiger partial charge is 0.226 e. The minimum Gasteiger partial charge on any atom is -0.317 e. The number of rotatable bonds is 2. The first kappa shape index (κ1) is 15.7. The van der Waals surface area contributed by atoms with E-state index < -0.39 is 6.29 Å². The first-order valence-corrected chi connectivity index (χ1v) is 8.16. The van der Waals surface area contributed by atoms with Gasteiger partial charge in [0.2, 0.25) is 5.91 Å². The third-order valence-electron chi connectivity index (χ3n) is 3.81. The summed E-state index contributed by atoms with van der Waals surface area (Å²) in [4.78, 5) is 19.0. The fourth-order valence-electron chi connectivity index (χ4n) is 2.49. The second-order valence-electron chi connectivity index (χ2n) is 5.40. The molecule has 6 heteroatoms. The van der Waals surface area contributed by atoms with Crippen molar-refractivity contribution in [3.8, 4) is 22.4 Å². The Hall–Kier alpha value is -2.20. The standard InChI is InChI=1S/C17H18N4OS/c1-3-5-11-6-4-7-12(8-11)16-19-10-14(23-16)13-9-15(22)21(2)17(18)20-13/h4,6-8,10,13,17,20H,9,18H2,1-2H3/t13-,17?/m0/s1. The molecule has 1 aromatic heterocycles. The van der Waals surface area contributed by atoms with Gasteiger partial charge in [-0.1, -0.05) is 18.1 Å². The molecule has 1 amide bonds. The number of nitrogens with two attached hydrogens (primary N) is 1. The zero-order valence-electron chi connectivity index (χ0n) is 13.0. The Morgan fingerprint density at radius 2 is 2.30 bits per heavy atom. The van der Waals surface area contributed by atoms with Crippen LogP contribution in [-0.2, 0) is 4.79 Å². The maximum absolute atomic E-state index is 12.0. The lowest BCUT2D eigenvalue weighted by atomic mass is 10.1. The summed E-state index contributed by atoms with van der Waals surface area (Å²) in [6.07, 6.45) is 1.75. The lowest BCUT2D eigenvalue weighted by Crippen LogP contribution is -2.58. The van der Waals surface area contributed by atoms with Crippen molar-refractivity contribution in [3.05, 3.63) is 40.9 Å². The van der Waals surface area contributed by atoms with E-state index in [1.54, 1.807) is 18.4 Å². The maximum Gasteiger partial charge on any atom is 0.226 e. The Bertz CT molecular complexity index is 789. The monoisotopic (exact) mass is 326 g/mol. The van der Waals surface area contributed by atoms with Crippen molar-refractivity contribution in [1.82, 2.24) is 15.2 Å². The van der Waals surface area contributed by atoms with Crippen LogP contribution in [0.2, 0.25) is 0 Å². The topological polar surface area (TPSA) is 71.2 Å². The summed E-state index contributed by atoms with van der Waals surface area (Å²) < 4.78 is 0. The van der Waals surface area contributed by atoms with Crippen LogP contribution in [0.25, 0.3) is 10.6 Å².